The van der Waals surface area contributed by atoms with Crippen LogP contribution in [0.5, 0.6) is 0 Å². The summed E-state index contributed by atoms with van der Waals surface area (Å²) in [6.07, 6.45) is 2.44. The molecule has 1 heterocycles. The van der Waals surface area contributed by atoms with E-state index in [2.05, 4.69) is 45.0 Å². The monoisotopic (exact) mass is 247 g/mol. The van der Waals surface area contributed by atoms with Crippen LogP contribution in [-0.2, 0) is 11.2 Å². The number of rotatable bonds is 4. The molecule has 3 atom stereocenters. The van der Waals surface area contributed by atoms with Gasteiger partial charge >= 0.3 is 0 Å². The summed E-state index contributed by atoms with van der Waals surface area (Å²) in [7, 11) is 0. The van der Waals surface area contributed by atoms with E-state index in [-0.39, 0.29) is 6.04 Å². The van der Waals surface area contributed by atoms with Crippen molar-refractivity contribution in [2.45, 2.75) is 51.7 Å². The lowest BCUT2D eigenvalue weighted by atomic mass is 9.91. The van der Waals surface area contributed by atoms with Gasteiger partial charge in [-0.15, -0.1) is 0 Å². The van der Waals surface area contributed by atoms with E-state index in [1.54, 1.807) is 0 Å². The Labute approximate surface area is 111 Å². The highest BCUT2D eigenvalue weighted by Gasteiger charge is 2.27. The van der Waals surface area contributed by atoms with Crippen molar-refractivity contribution in [1.29, 1.82) is 0 Å². The molecule has 1 aliphatic rings. The van der Waals surface area contributed by atoms with Crippen molar-refractivity contribution in [2.24, 2.45) is 11.7 Å². The van der Waals surface area contributed by atoms with Crippen LogP contribution in [0.25, 0.3) is 0 Å². The van der Waals surface area contributed by atoms with E-state index in [0.29, 0.717) is 17.9 Å². The zero-order chi connectivity index (χ0) is 13.1. The van der Waals surface area contributed by atoms with Crippen LogP contribution in [0.2, 0.25) is 0 Å². The number of ether oxygens (including phenoxy) is 1. The highest BCUT2D eigenvalue weighted by Crippen LogP contribution is 2.23. The van der Waals surface area contributed by atoms with Crippen molar-refractivity contribution >= 4 is 0 Å². The molecule has 0 spiro atoms. The fourth-order valence-corrected chi connectivity index (χ4v) is 2.63. The lowest BCUT2D eigenvalue weighted by Gasteiger charge is -2.18. The molecule has 0 aliphatic carbocycles. The fourth-order valence-electron chi connectivity index (χ4n) is 2.63. The van der Waals surface area contributed by atoms with E-state index in [1.165, 1.54) is 11.1 Å². The minimum absolute atomic E-state index is 0.222. The van der Waals surface area contributed by atoms with Crippen LogP contribution in [0.15, 0.2) is 24.3 Å². The molecule has 1 aliphatic heterocycles. The largest absolute Gasteiger partial charge is 0.378 e. The van der Waals surface area contributed by atoms with Gasteiger partial charge in [0.15, 0.2) is 0 Å². The summed E-state index contributed by atoms with van der Waals surface area (Å²) in [5, 5.41) is 0. The van der Waals surface area contributed by atoms with Crippen LogP contribution in [0.1, 0.15) is 44.2 Å². The van der Waals surface area contributed by atoms with Crippen molar-refractivity contribution in [3.8, 4) is 0 Å². The van der Waals surface area contributed by atoms with Gasteiger partial charge in [-0.1, -0.05) is 38.1 Å². The van der Waals surface area contributed by atoms with E-state index in [9.17, 15) is 0 Å². The molecule has 2 nitrogen and oxygen atoms in total. The Hall–Kier alpha value is -0.860. The molecule has 18 heavy (non-hydrogen) atoms. The van der Waals surface area contributed by atoms with Crippen molar-refractivity contribution in [3.63, 3.8) is 0 Å². The molecule has 1 aromatic rings. The smallest absolute Gasteiger partial charge is 0.0551 e. The van der Waals surface area contributed by atoms with Crippen molar-refractivity contribution in [1.82, 2.24) is 0 Å². The Morgan fingerprint density at radius 1 is 1.28 bits per heavy atom. The van der Waals surface area contributed by atoms with Crippen LogP contribution in [0.4, 0.5) is 0 Å². The van der Waals surface area contributed by atoms with Gasteiger partial charge in [-0.25, -0.2) is 0 Å². The van der Waals surface area contributed by atoms with Gasteiger partial charge in [-0.05, 0) is 36.8 Å². The zero-order valence-electron chi connectivity index (χ0n) is 11.7. The third-order valence-corrected chi connectivity index (χ3v) is 3.95. The predicted octanol–water partition coefficient (Wildman–Crippen LogP) is 3.10. The lowest BCUT2D eigenvalue weighted by Crippen LogP contribution is -2.32. The summed E-state index contributed by atoms with van der Waals surface area (Å²) in [5.41, 5.74) is 9.02. The van der Waals surface area contributed by atoms with Gasteiger partial charge in [-0.3, -0.25) is 0 Å². The Morgan fingerprint density at radius 2 is 1.94 bits per heavy atom. The van der Waals surface area contributed by atoms with Gasteiger partial charge in [0, 0.05) is 12.0 Å². The van der Waals surface area contributed by atoms with Gasteiger partial charge in [0.25, 0.3) is 0 Å². The molecule has 0 saturated carbocycles. The normalized spacial score (nSPS) is 25.6. The van der Waals surface area contributed by atoms with E-state index < -0.39 is 0 Å². The van der Waals surface area contributed by atoms with E-state index in [1.807, 2.05) is 0 Å². The molecule has 2 N–H and O–H groups in total. The maximum atomic E-state index is 6.29. The highest BCUT2D eigenvalue weighted by molar-refractivity contribution is 5.25. The molecule has 0 bridgehead atoms. The lowest BCUT2D eigenvalue weighted by molar-refractivity contribution is 0.118. The molecule has 0 amide bonds. The minimum atomic E-state index is 0.222. The third-order valence-electron chi connectivity index (χ3n) is 3.95. The molecule has 100 valence electrons. The standard InChI is InChI=1S/C16H25NO/c1-11(2)14-6-4-13(5-7-14)9-16(17)15-8-12(3)18-10-15/h4-7,11-12,15-16H,8-10,17H2,1-3H3. The average molecular weight is 247 g/mol. The molecular weight excluding hydrogens is 222 g/mol. The predicted molar refractivity (Wildman–Crippen MR) is 75.7 cm³/mol. The first-order valence-corrected chi connectivity index (χ1v) is 7.02. The summed E-state index contributed by atoms with van der Waals surface area (Å²) in [5.74, 6) is 1.11. The first-order chi connectivity index (χ1) is 8.56. The topological polar surface area (TPSA) is 35.2 Å². The van der Waals surface area contributed by atoms with Crippen LogP contribution < -0.4 is 5.73 Å². The van der Waals surface area contributed by atoms with Gasteiger partial charge in [-0.2, -0.15) is 0 Å². The summed E-state index contributed by atoms with van der Waals surface area (Å²) < 4.78 is 5.59. The molecule has 0 radical (unpaired) electrons. The van der Waals surface area contributed by atoms with Crippen LogP contribution in [0.3, 0.4) is 0 Å². The van der Waals surface area contributed by atoms with Crippen molar-refractivity contribution < 1.29 is 4.74 Å². The third kappa shape index (κ3) is 3.33. The molecule has 3 unspecified atom stereocenters. The SMILES string of the molecule is CC1CC(C(N)Cc2ccc(C(C)C)cc2)CO1. The highest BCUT2D eigenvalue weighted by atomic mass is 16.5. The van der Waals surface area contributed by atoms with Crippen molar-refractivity contribution in [2.75, 3.05) is 6.61 Å². The van der Waals surface area contributed by atoms with E-state index in [0.717, 1.165) is 19.4 Å². The Morgan fingerprint density at radius 3 is 2.44 bits per heavy atom. The first-order valence-electron chi connectivity index (χ1n) is 7.02. The van der Waals surface area contributed by atoms with Crippen LogP contribution in [-0.4, -0.2) is 18.8 Å². The maximum Gasteiger partial charge on any atom is 0.0551 e. The Bertz CT molecular complexity index is 371. The van der Waals surface area contributed by atoms with E-state index >= 15 is 0 Å². The summed E-state index contributed by atoms with van der Waals surface area (Å²) in [6, 6.07) is 9.10. The molecule has 0 aromatic heterocycles. The van der Waals surface area contributed by atoms with Gasteiger partial charge in [0.2, 0.25) is 0 Å². The number of benzene rings is 1. The molecule has 2 rings (SSSR count). The number of nitrogens with two attached hydrogens (primary N) is 1. The second-order valence-corrected chi connectivity index (χ2v) is 5.90. The maximum absolute atomic E-state index is 6.29. The summed E-state index contributed by atoms with van der Waals surface area (Å²) in [4.78, 5) is 0. The first kappa shape index (κ1) is 13.6. The Balaban J connectivity index is 1.92. The van der Waals surface area contributed by atoms with E-state index in [4.69, 9.17) is 10.5 Å². The minimum Gasteiger partial charge on any atom is -0.378 e. The van der Waals surface area contributed by atoms with Gasteiger partial charge in [0.1, 0.15) is 0 Å². The zero-order valence-corrected chi connectivity index (χ0v) is 11.7. The van der Waals surface area contributed by atoms with Crippen LogP contribution >= 0.6 is 0 Å². The second kappa shape index (κ2) is 5.85. The number of hydrogen-bond acceptors (Lipinski definition) is 2. The molecule has 1 saturated heterocycles. The Kier molecular flexibility index (Phi) is 4.41. The van der Waals surface area contributed by atoms with Gasteiger partial charge < -0.3 is 10.5 Å². The summed E-state index contributed by atoms with van der Waals surface area (Å²) >= 11 is 0. The average Bonchev–Trinajstić information content (AvgIpc) is 2.76. The molecule has 1 aromatic carbocycles. The molecule has 1 fully saturated rings. The number of hydrogen-bond donors (Lipinski definition) is 1. The second-order valence-electron chi connectivity index (χ2n) is 5.90. The fraction of sp³-hybridized carbons (Fsp3) is 0.625. The molecule has 2 heteroatoms. The van der Waals surface area contributed by atoms with Crippen molar-refractivity contribution in [3.05, 3.63) is 35.4 Å². The quantitative estimate of drug-likeness (QED) is 0.887. The van der Waals surface area contributed by atoms with Crippen LogP contribution in [0, 0.1) is 5.92 Å². The molecular formula is C16H25NO. The van der Waals surface area contributed by atoms with Gasteiger partial charge in [0.05, 0.1) is 12.7 Å². The summed E-state index contributed by atoms with van der Waals surface area (Å²) in [6.45, 7) is 7.40.